The van der Waals surface area contributed by atoms with Crippen molar-refractivity contribution in [1.29, 1.82) is 0 Å². The molecule has 0 fully saturated rings. The van der Waals surface area contributed by atoms with Gasteiger partial charge in [-0.1, -0.05) is 24.3 Å². The number of nitrogens with zero attached hydrogens (tertiary/aromatic N) is 2. The lowest BCUT2D eigenvalue weighted by molar-refractivity contribution is 0.180. The third-order valence-electron chi connectivity index (χ3n) is 7.45. The Bertz CT molecular complexity index is 1420. The fourth-order valence-electron chi connectivity index (χ4n) is 5.59. The highest BCUT2D eigenvalue weighted by Gasteiger charge is 2.36. The normalized spacial score (nSPS) is 16.3. The molecule has 190 valence electrons. The number of ether oxygens (including phenoxy) is 2. The van der Waals surface area contributed by atoms with E-state index in [4.69, 9.17) is 9.47 Å². The number of aryl methyl sites for hydroxylation is 1. The summed E-state index contributed by atoms with van der Waals surface area (Å²) in [4.78, 5) is 17.5. The quantitative estimate of drug-likeness (QED) is 0.343. The van der Waals surface area contributed by atoms with Crippen molar-refractivity contribution in [2.24, 2.45) is 0 Å². The molecule has 2 aromatic heterocycles. The predicted molar refractivity (Wildman–Crippen MR) is 146 cm³/mol. The van der Waals surface area contributed by atoms with Crippen molar-refractivity contribution in [3.05, 3.63) is 99.7 Å². The Hall–Kier alpha value is -3.71. The molecule has 1 unspecified atom stereocenters. The molecule has 0 saturated heterocycles. The van der Waals surface area contributed by atoms with Crippen LogP contribution in [0.25, 0.3) is 5.00 Å². The Morgan fingerprint density at radius 1 is 0.973 bits per heavy atom. The zero-order valence-electron chi connectivity index (χ0n) is 21.2. The molecule has 6 nitrogen and oxygen atoms in total. The maximum atomic E-state index is 14.0. The topological polar surface area (TPSA) is 55.7 Å². The van der Waals surface area contributed by atoms with E-state index in [-0.39, 0.29) is 12.1 Å². The summed E-state index contributed by atoms with van der Waals surface area (Å²) in [5.41, 5.74) is 5.90. The number of aromatic nitrogens is 1. The van der Waals surface area contributed by atoms with Crippen molar-refractivity contribution in [2.75, 3.05) is 14.2 Å². The van der Waals surface area contributed by atoms with Crippen molar-refractivity contribution in [1.82, 2.24) is 14.8 Å². The first-order chi connectivity index (χ1) is 18.2. The van der Waals surface area contributed by atoms with Gasteiger partial charge in [0.15, 0.2) is 0 Å². The Balaban J connectivity index is 1.41. The van der Waals surface area contributed by atoms with E-state index in [1.807, 2.05) is 52.6 Å². The summed E-state index contributed by atoms with van der Waals surface area (Å²) in [6, 6.07) is 19.8. The molecule has 4 aromatic rings. The van der Waals surface area contributed by atoms with Crippen molar-refractivity contribution in [2.45, 2.75) is 44.8 Å². The standard InChI is InChI=1S/C30H31N3O3S/c1-35-22-14-12-21(13-15-22)28-26-10-6-16-32(26)29-25(24-9-3-4-11-27(24)37-29)19-33(28)30(34)31-18-20-7-5-8-23(17-20)36-2/h5-8,10,12-17,28H,3-4,9,11,18-19H2,1-2H3,(H,31,34). The van der Waals surface area contributed by atoms with E-state index in [0.717, 1.165) is 41.2 Å². The van der Waals surface area contributed by atoms with Crippen LogP contribution >= 0.6 is 11.3 Å². The average Bonchev–Trinajstić information content (AvgIpc) is 3.54. The first kappa shape index (κ1) is 23.7. The Morgan fingerprint density at radius 2 is 1.78 bits per heavy atom. The van der Waals surface area contributed by atoms with Crippen LogP contribution in [0.15, 0.2) is 66.9 Å². The van der Waals surface area contributed by atoms with Crippen LogP contribution in [0.4, 0.5) is 4.79 Å². The molecule has 3 heterocycles. The largest absolute Gasteiger partial charge is 0.497 e. The number of benzene rings is 2. The van der Waals surface area contributed by atoms with Gasteiger partial charge in [0.05, 0.1) is 32.5 Å². The summed E-state index contributed by atoms with van der Waals surface area (Å²) in [5.74, 6) is 1.58. The third-order valence-corrected chi connectivity index (χ3v) is 8.78. The zero-order chi connectivity index (χ0) is 25.4. The second-order valence-corrected chi connectivity index (χ2v) is 10.7. The van der Waals surface area contributed by atoms with E-state index in [1.54, 1.807) is 14.2 Å². The number of nitrogens with one attached hydrogen (secondary N) is 1. The molecule has 1 aliphatic carbocycles. The molecule has 6 rings (SSSR count). The van der Waals surface area contributed by atoms with Crippen LogP contribution in [-0.4, -0.2) is 29.7 Å². The maximum Gasteiger partial charge on any atom is 0.318 e. The van der Waals surface area contributed by atoms with Crippen LogP contribution in [0.5, 0.6) is 11.5 Å². The summed E-state index contributed by atoms with van der Waals surface area (Å²) in [7, 11) is 3.33. The zero-order valence-corrected chi connectivity index (χ0v) is 22.0. The molecule has 2 amide bonds. The van der Waals surface area contributed by atoms with Gasteiger partial charge in [-0.15, -0.1) is 11.3 Å². The molecule has 37 heavy (non-hydrogen) atoms. The van der Waals surface area contributed by atoms with E-state index in [1.165, 1.54) is 33.8 Å². The molecule has 7 heteroatoms. The van der Waals surface area contributed by atoms with Gasteiger partial charge in [-0.2, -0.15) is 0 Å². The predicted octanol–water partition coefficient (Wildman–Crippen LogP) is 6.25. The van der Waals surface area contributed by atoms with Crippen LogP contribution < -0.4 is 14.8 Å². The Morgan fingerprint density at radius 3 is 2.59 bits per heavy atom. The van der Waals surface area contributed by atoms with Gasteiger partial charge in [0, 0.05) is 23.2 Å². The van der Waals surface area contributed by atoms with E-state index < -0.39 is 0 Å². The van der Waals surface area contributed by atoms with Crippen molar-refractivity contribution in [3.63, 3.8) is 0 Å². The highest BCUT2D eigenvalue weighted by atomic mass is 32.1. The van der Waals surface area contributed by atoms with E-state index >= 15 is 0 Å². The van der Waals surface area contributed by atoms with Crippen molar-refractivity contribution < 1.29 is 14.3 Å². The number of rotatable bonds is 5. The first-order valence-electron chi connectivity index (χ1n) is 12.8. The van der Waals surface area contributed by atoms with Gasteiger partial charge >= 0.3 is 6.03 Å². The molecule has 1 aliphatic heterocycles. The first-order valence-corrected chi connectivity index (χ1v) is 13.6. The minimum Gasteiger partial charge on any atom is -0.497 e. The molecule has 2 aromatic carbocycles. The minimum absolute atomic E-state index is 0.0833. The molecular weight excluding hydrogens is 482 g/mol. The number of hydrogen-bond donors (Lipinski definition) is 1. The summed E-state index contributed by atoms with van der Waals surface area (Å²) in [6.07, 6.45) is 6.81. The van der Waals surface area contributed by atoms with Crippen LogP contribution in [0, 0.1) is 0 Å². The summed E-state index contributed by atoms with van der Waals surface area (Å²) >= 11 is 1.90. The fourth-order valence-corrected chi connectivity index (χ4v) is 6.99. The monoisotopic (exact) mass is 513 g/mol. The summed E-state index contributed by atoms with van der Waals surface area (Å²) in [6.45, 7) is 1.00. The van der Waals surface area contributed by atoms with E-state index in [2.05, 4.69) is 40.3 Å². The van der Waals surface area contributed by atoms with Gasteiger partial charge in [-0.05, 0) is 78.8 Å². The van der Waals surface area contributed by atoms with Crippen molar-refractivity contribution in [3.8, 4) is 16.5 Å². The average molecular weight is 514 g/mol. The second-order valence-electron chi connectivity index (χ2n) is 9.61. The van der Waals surface area contributed by atoms with Crippen LogP contribution in [0.3, 0.4) is 0 Å². The lowest BCUT2D eigenvalue weighted by Gasteiger charge is -2.31. The molecule has 1 N–H and O–H groups in total. The highest BCUT2D eigenvalue weighted by Crippen LogP contribution is 2.44. The lowest BCUT2D eigenvalue weighted by Crippen LogP contribution is -2.41. The lowest BCUT2D eigenvalue weighted by atomic mass is 9.95. The number of amides is 2. The number of carbonyl (C=O) groups is 1. The van der Waals surface area contributed by atoms with E-state index in [0.29, 0.717) is 13.1 Å². The van der Waals surface area contributed by atoms with Gasteiger partial charge in [0.2, 0.25) is 0 Å². The van der Waals surface area contributed by atoms with Crippen molar-refractivity contribution >= 4 is 17.4 Å². The smallest absolute Gasteiger partial charge is 0.318 e. The molecule has 2 aliphatic rings. The molecule has 0 radical (unpaired) electrons. The van der Waals surface area contributed by atoms with E-state index in [9.17, 15) is 4.79 Å². The Kier molecular flexibility index (Phi) is 6.38. The molecule has 0 bridgehead atoms. The third kappa shape index (κ3) is 4.37. The summed E-state index contributed by atoms with van der Waals surface area (Å²) in [5, 5.41) is 4.45. The second kappa shape index (κ2) is 9.98. The number of methoxy groups -OCH3 is 2. The molecule has 0 saturated carbocycles. The molecule has 0 spiro atoms. The van der Waals surface area contributed by atoms with Gasteiger partial charge in [0.25, 0.3) is 0 Å². The van der Waals surface area contributed by atoms with Crippen LogP contribution in [-0.2, 0) is 25.9 Å². The number of fused-ring (bicyclic) bond motifs is 5. The fraction of sp³-hybridized carbons (Fsp3) is 0.300. The number of urea groups is 1. The number of thiophene rings is 1. The minimum atomic E-state index is -0.231. The van der Waals surface area contributed by atoms with Gasteiger partial charge < -0.3 is 24.3 Å². The highest BCUT2D eigenvalue weighted by molar-refractivity contribution is 7.15. The van der Waals surface area contributed by atoms with Gasteiger partial charge in [-0.3, -0.25) is 0 Å². The number of carbonyl (C=O) groups excluding carboxylic acids is 1. The SMILES string of the molecule is COc1ccc(C2c3cccn3-c3sc4c(c3CN2C(=O)NCc2cccc(OC)c2)CCCC4)cc1. The maximum absolute atomic E-state index is 14.0. The molecular formula is C30H31N3O3S. The van der Waals surface area contributed by atoms with Crippen LogP contribution in [0.2, 0.25) is 0 Å². The Labute approximate surface area is 221 Å². The summed E-state index contributed by atoms with van der Waals surface area (Å²) < 4.78 is 13.1. The van der Waals surface area contributed by atoms with Gasteiger partial charge in [-0.25, -0.2) is 4.79 Å². The molecule has 1 atom stereocenters. The number of hydrogen-bond acceptors (Lipinski definition) is 4. The van der Waals surface area contributed by atoms with Crippen LogP contribution in [0.1, 0.15) is 51.7 Å². The van der Waals surface area contributed by atoms with Gasteiger partial charge in [0.1, 0.15) is 16.5 Å².